The molecule has 0 aromatic carbocycles. The fourth-order valence-electron chi connectivity index (χ4n) is 1.62. The molecule has 0 aliphatic carbocycles. The molecule has 0 aliphatic rings. The van der Waals surface area contributed by atoms with Gasteiger partial charge in [-0.05, 0) is 11.4 Å². The highest BCUT2D eigenvalue weighted by Gasteiger charge is 2.07. The minimum absolute atomic E-state index is 0.0306. The van der Waals surface area contributed by atoms with Crippen LogP contribution in [0.1, 0.15) is 4.88 Å². The van der Waals surface area contributed by atoms with Crippen molar-refractivity contribution in [1.82, 2.24) is 14.5 Å². The van der Waals surface area contributed by atoms with Crippen molar-refractivity contribution in [2.45, 2.75) is 6.54 Å². The summed E-state index contributed by atoms with van der Waals surface area (Å²) in [5.74, 6) is 5.27. The zero-order chi connectivity index (χ0) is 12.5. The molecule has 0 aliphatic heterocycles. The monoisotopic (exact) mass is 279 g/mol. The van der Waals surface area contributed by atoms with Gasteiger partial charge in [-0.1, -0.05) is 11.3 Å². The topological polar surface area (TPSA) is 85.8 Å². The standard InChI is InChI=1S/C10H9N5OS2/c11-14-10-12-3-6(18-10)4-15-5-13-8-7(9(15)16)1-2-17-8/h1-3,5H,4,11H2,(H,12,14). The van der Waals surface area contributed by atoms with Gasteiger partial charge in [0.15, 0.2) is 5.13 Å². The normalized spacial score (nSPS) is 10.9. The van der Waals surface area contributed by atoms with Crippen LogP contribution in [0, 0.1) is 0 Å². The van der Waals surface area contributed by atoms with E-state index < -0.39 is 0 Å². The number of nitrogens with two attached hydrogens (primary N) is 1. The third-order valence-corrected chi connectivity index (χ3v) is 4.19. The second kappa shape index (κ2) is 4.48. The predicted molar refractivity (Wildman–Crippen MR) is 72.9 cm³/mol. The molecule has 0 bridgehead atoms. The maximum atomic E-state index is 12.1. The number of rotatable bonds is 3. The second-order valence-electron chi connectivity index (χ2n) is 3.59. The summed E-state index contributed by atoms with van der Waals surface area (Å²) < 4.78 is 1.57. The summed E-state index contributed by atoms with van der Waals surface area (Å²) in [4.78, 5) is 22.2. The smallest absolute Gasteiger partial charge is 0.262 e. The molecule has 6 nitrogen and oxygen atoms in total. The van der Waals surface area contributed by atoms with E-state index >= 15 is 0 Å². The third kappa shape index (κ3) is 1.90. The van der Waals surface area contributed by atoms with E-state index in [0.717, 1.165) is 9.71 Å². The van der Waals surface area contributed by atoms with Gasteiger partial charge in [-0.3, -0.25) is 14.8 Å². The summed E-state index contributed by atoms with van der Waals surface area (Å²) in [5.41, 5.74) is 2.45. The van der Waals surface area contributed by atoms with Crippen molar-refractivity contribution < 1.29 is 0 Å². The van der Waals surface area contributed by atoms with E-state index in [1.165, 1.54) is 22.7 Å². The first kappa shape index (κ1) is 11.3. The van der Waals surface area contributed by atoms with Crippen LogP contribution in [-0.2, 0) is 6.54 Å². The largest absolute Gasteiger partial charge is 0.300 e. The van der Waals surface area contributed by atoms with Crippen molar-refractivity contribution >= 4 is 38.0 Å². The Hall–Kier alpha value is -1.77. The van der Waals surface area contributed by atoms with E-state index in [-0.39, 0.29) is 5.56 Å². The molecule has 0 radical (unpaired) electrons. The van der Waals surface area contributed by atoms with Crippen LogP contribution in [-0.4, -0.2) is 14.5 Å². The lowest BCUT2D eigenvalue weighted by Gasteiger charge is -2.02. The highest BCUT2D eigenvalue weighted by atomic mass is 32.1. The van der Waals surface area contributed by atoms with E-state index in [4.69, 9.17) is 5.84 Å². The van der Waals surface area contributed by atoms with Gasteiger partial charge in [0.1, 0.15) is 4.83 Å². The van der Waals surface area contributed by atoms with E-state index in [0.29, 0.717) is 17.1 Å². The van der Waals surface area contributed by atoms with E-state index in [1.54, 1.807) is 23.2 Å². The number of fused-ring (bicyclic) bond motifs is 1. The average molecular weight is 279 g/mol. The van der Waals surface area contributed by atoms with Gasteiger partial charge in [-0.15, -0.1) is 11.3 Å². The van der Waals surface area contributed by atoms with E-state index in [1.807, 2.05) is 5.38 Å². The van der Waals surface area contributed by atoms with Crippen LogP contribution in [0.2, 0.25) is 0 Å². The number of hydrogen-bond donors (Lipinski definition) is 2. The Labute approximate surface area is 110 Å². The molecule has 3 rings (SSSR count). The first-order valence-corrected chi connectivity index (χ1v) is 6.81. The van der Waals surface area contributed by atoms with Crippen LogP contribution in [0.3, 0.4) is 0 Å². The molecular weight excluding hydrogens is 270 g/mol. The Morgan fingerprint density at radius 1 is 1.44 bits per heavy atom. The Morgan fingerprint density at radius 3 is 3.11 bits per heavy atom. The maximum Gasteiger partial charge on any atom is 0.262 e. The SMILES string of the molecule is NNc1ncc(Cn2cnc3sccc3c2=O)s1. The molecule has 3 heterocycles. The summed E-state index contributed by atoms with van der Waals surface area (Å²) in [6, 6.07) is 1.80. The van der Waals surface area contributed by atoms with E-state index in [2.05, 4.69) is 15.4 Å². The molecule has 0 amide bonds. The highest BCUT2D eigenvalue weighted by molar-refractivity contribution is 7.16. The molecule has 92 valence electrons. The number of anilines is 1. The van der Waals surface area contributed by atoms with Gasteiger partial charge in [0, 0.05) is 11.1 Å². The number of thiazole rings is 1. The fraction of sp³-hybridized carbons (Fsp3) is 0.100. The van der Waals surface area contributed by atoms with Gasteiger partial charge in [0.25, 0.3) is 5.56 Å². The second-order valence-corrected chi connectivity index (χ2v) is 5.60. The number of hydrazine groups is 1. The van der Waals surface area contributed by atoms with Gasteiger partial charge in [0.2, 0.25) is 0 Å². The Morgan fingerprint density at radius 2 is 2.33 bits per heavy atom. The first-order valence-electron chi connectivity index (χ1n) is 5.12. The van der Waals surface area contributed by atoms with Crippen LogP contribution in [0.4, 0.5) is 5.13 Å². The lowest BCUT2D eigenvalue weighted by molar-refractivity contribution is 0.758. The summed E-state index contributed by atoms with van der Waals surface area (Å²) >= 11 is 2.88. The fourth-order valence-corrected chi connectivity index (χ4v) is 3.07. The van der Waals surface area contributed by atoms with Gasteiger partial charge in [-0.25, -0.2) is 15.8 Å². The van der Waals surface area contributed by atoms with Crippen molar-refractivity contribution in [3.63, 3.8) is 0 Å². The van der Waals surface area contributed by atoms with Crippen molar-refractivity contribution in [3.8, 4) is 0 Å². The minimum Gasteiger partial charge on any atom is -0.300 e. The molecule has 3 N–H and O–H groups in total. The van der Waals surface area contributed by atoms with Crippen LogP contribution >= 0.6 is 22.7 Å². The van der Waals surface area contributed by atoms with Crippen molar-refractivity contribution in [2.24, 2.45) is 5.84 Å². The Kier molecular flexibility index (Phi) is 2.82. The number of hydrogen-bond acceptors (Lipinski definition) is 7. The van der Waals surface area contributed by atoms with Gasteiger partial charge in [0.05, 0.1) is 18.3 Å². The molecule has 8 heteroatoms. The third-order valence-electron chi connectivity index (χ3n) is 2.45. The zero-order valence-corrected chi connectivity index (χ0v) is 10.8. The van der Waals surface area contributed by atoms with Crippen molar-refractivity contribution in [2.75, 3.05) is 5.43 Å². The molecule has 0 saturated carbocycles. The Bertz CT molecular complexity index is 744. The molecule has 18 heavy (non-hydrogen) atoms. The maximum absolute atomic E-state index is 12.1. The van der Waals surface area contributed by atoms with Crippen LogP contribution in [0.15, 0.2) is 28.8 Å². The van der Waals surface area contributed by atoms with Crippen LogP contribution in [0.5, 0.6) is 0 Å². The molecule has 3 aromatic rings. The van der Waals surface area contributed by atoms with Gasteiger partial charge >= 0.3 is 0 Å². The lowest BCUT2D eigenvalue weighted by Crippen LogP contribution is -2.19. The van der Waals surface area contributed by atoms with E-state index in [9.17, 15) is 4.79 Å². The van der Waals surface area contributed by atoms with Gasteiger partial charge in [-0.2, -0.15) is 0 Å². The Balaban J connectivity index is 1.99. The highest BCUT2D eigenvalue weighted by Crippen LogP contribution is 2.18. The lowest BCUT2D eigenvalue weighted by atomic mass is 10.4. The van der Waals surface area contributed by atoms with Crippen molar-refractivity contribution in [1.29, 1.82) is 0 Å². The number of nitrogens with zero attached hydrogens (tertiary/aromatic N) is 3. The van der Waals surface area contributed by atoms with Crippen LogP contribution < -0.4 is 16.8 Å². The summed E-state index contributed by atoms with van der Waals surface area (Å²) in [7, 11) is 0. The quantitative estimate of drug-likeness (QED) is 0.556. The average Bonchev–Trinajstić information content (AvgIpc) is 3.01. The molecule has 0 unspecified atom stereocenters. The summed E-state index contributed by atoms with van der Waals surface area (Å²) in [6.45, 7) is 0.455. The van der Waals surface area contributed by atoms with Crippen molar-refractivity contribution in [3.05, 3.63) is 39.2 Å². The number of nitrogen functional groups attached to an aromatic ring is 1. The zero-order valence-electron chi connectivity index (χ0n) is 9.16. The molecule has 0 spiro atoms. The summed E-state index contributed by atoms with van der Waals surface area (Å²) in [6.07, 6.45) is 3.26. The number of nitrogens with one attached hydrogen (secondary N) is 1. The molecular formula is C10H9N5OS2. The van der Waals surface area contributed by atoms with Gasteiger partial charge < -0.3 is 0 Å². The first-order chi connectivity index (χ1) is 8.78. The molecule has 0 atom stereocenters. The molecule has 3 aromatic heterocycles. The molecule has 0 fully saturated rings. The minimum atomic E-state index is -0.0306. The molecule has 0 saturated heterocycles. The predicted octanol–water partition coefficient (Wildman–Crippen LogP) is 1.25. The number of aromatic nitrogens is 3. The number of thiophene rings is 1. The van der Waals surface area contributed by atoms with Crippen LogP contribution in [0.25, 0.3) is 10.2 Å². The summed E-state index contributed by atoms with van der Waals surface area (Å²) in [5, 5.41) is 3.15.